The summed E-state index contributed by atoms with van der Waals surface area (Å²) in [5.74, 6) is 0.822. The Morgan fingerprint density at radius 3 is 2.59 bits per heavy atom. The van der Waals surface area contributed by atoms with E-state index in [0.717, 1.165) is 58.1 Å². The van der Waals surface area contributed by atoms with Crippen LogP contribution in [-0.4, -0.2) is 87.7 Å². The van der Waals surface area contributed by atoms with Crippen LogP contribution in [0.15, 0.2) is 35.3 Å². The maximum Gasteiger partial charge on any atom is 0.243 e. The van der Waals surface area contributed by atoms with Crippen LogP contribution in [0.2, 0.25) is 0 Å². The fourth-order valence-corrected chi connectivity index (χ4v) is 3.38. The Morgan fingerprint density at radius 2 is 1.96 bits per heavy atom. The van der Waals surface area contributed by atoms with Crippen LogP contribution in [0.1, 0.15) is 12.8 Å². The molecular weight excluding hydrogens is 342 g/mol. The average Bonchev–Trinajstić information content (AvgIpc) is 3.22. The molecular formula is C20H31N5O2. The number of carbonyl (C=O) groups excluding carboxylic acids is 1. The van der Waals surface area contributed by atoms with E-state index in [1.54, 1.807) is 19.0 Å². The highest BCUT2D eigenvalue weighted by Crippen LogP contribution is 2.16. The minimum absolute atomic E-state index is 0.00865. The highest BCUT2D eigenvalue weighted by Gasteiger charge is 2.22. The minimum Gasteiger partial charge on any atom is -0.376 e. The molecule has 148 valence electrons. The monoisotopic (exact) mass is 373 g/mol. The van der Waals surface area contributed by atoms with Crippen molar-refractivity contribution in [3.63, 3.8) is 0 Å². The molecule has 0 aromatic heterocycles. The maximum atomic E-state index is 12.0. The first-order valence-electron chi connectivity index (χ1n) is 9.78. The van der Waals surface area contributed by atoms with Crippen molar-refractivity contribution >= 4 is 17.6 Å². The topological polar surface area (TPSA) is 60.4 Å². The zero-order valence-electron chi connectivity index (χ0n) is 16.4. The summed E-state index contributed by atoms with van der Waals surface area (Å²) in [5.41, 5.74) is 1.26. The molecule has 27 heavy (non-hydrogen) atoms. The highest BCUT2D eigenvalue weighted by molar-refractivity contribution is 5.85. The van der Waals surface area contributed by atoms with E-state index in [4.69, 9.17) is 4.74 Å². The van der Waals surface area contributed by atoms with Crippen molar-refractivity contribution in [1.82, 2.24) is 15.1 Å². The number of aliphatic imine (C=N–C) groups is 1. The summed E-state index contributed by atoms with van der Waals surface area (Å²) in [6.45, 7) is 5.38. The number of benzene rings is 1. The number of piperazine rings is 1. The third-order valence-corrected chi connectivity index (χ3v) is 5.08. The summed E-state index contributed by atoms with van der Waals surface area (Å²) in [6.07, 6.45) is 2.44. The molecule has 1 aromatic carbocycles. The van der Waals surface area contributed by atoms with Crippen LogP contribution >= 0.6 is 0 Å². The summed E-state index contributed by atoms with van der Waals surface area (Å²) in [7, 11) is 3.52. The van der Waals surface area contributed by atoms with Gasteiger partial charge in [-0.25, -0.2) is 4.99 Å². The molecule has 0 bridgehead atoms. The molecule has 2 fully saturated rings. The number of amides is 1. The lowest BCUT2D eigenvalue weighted by Crippen LogP contribution is -2.53. The van der Waals surface area contributed by atoms with E-state index in [0.29, 0.717) is 0 Å². The number of nitrogens with zero attached hydrogens (tertiary/aromatic N) is 4. The fraction of sp³-hybridized carbons (Fsp3) is 0.600. The van der Waals surface area contributed by atoms with E-state index in [1.807, 2.05) is 6.07 Å². The number of rotatable bonds is 5. The van der Waals surface area contributed by atoms with Crippen LogP contribution in [0, 0.1) is 0 Å². The molecule has 2 aliphatic rings. The molecule has 3 rings (SSSR count). The number of carbonyl (C=O) groups is 1. The van der Waals surface area contributed by atoms with Gasteiger partial charge < -0.3 is 24.8 Å². The molecule has 0 spiro atoms. The lowest BCUT2D eigenvalue weighted by atomic mass is 10.2. The van der Waals surface area contributed by atoms with Gasteiger partial charge in [-0.1, -0.05) is 18.2 Å². The summed E-state index contributed by atoms with van der Waals surface area (Å²) < 4.78 is 5.71. The standard InChI is InChI=1S/C20H31N5O2/c1-23(2)19(26)16-22-20(21-15-18-9-6-14-27-18)25-12-10-24(11-13-25)17-7-4-3-5-8-17/h3-5,7-8,18H,6,9-16H2,1-2H3,(H,21,22). The van der Waals surface area contributed by atoms with E-state index < -0.39 is 0 Å². The van der Waals surface area contributed by atoms with Gasteiger partial charge in [0.15, 0.2) is 5.96 Å². The first-order chi connectivity index (χ1) is 13.1. The quantitative estimate of drug-likeness (QED) is 0.617. The van der Waals surface area contributed by atoms with Crippen LogP contribution in [0.4, 0.5) is 5.69 Å². The van der Waals surface area contributed by atoms with Crippen LogP contribution < -0.4 is 10.2 Å². The number of guanidine groups is 1. The molecule has 7 nitrogen and oxygen atoms in total. The fourth-order valence-electron chi connectivity index (χ4n) is 3.38. The van der Waals surface area contributed by atoms with Crippen LogP contribution in [-0.2, 0) is 9.53 Å². The minimum atomic E-state index is 0.00865. The summed E-state index contributed by atoms with van der Waals surface area (Å²) in [5, 5.41) is 3.44. The van der Waals surface area contributed by atoms with Crippen molar-refractivity contribution in [2.75, 3.05) is 64.9 Å². The second kappa shape index (κ2) is 9.60. The van der Waals surface area contributed by atoms with Gasteiger partial charge in [0, 0.05) is 59.1 Å². The zero-order valence-corrected chi connectivity index (χ0v) is 16.4. The molecule has 1 unspecified atom stereocenters. The molecule has 1 atom stereocenters. The van der Waals surface area contributed by atoms with Gasteiger partial charge in [0.1, 0.15) is 6.54 Å². The molecule has 0 aliphatic carbocycles. The third kappa shape index (κ3) is 5.60. The molecule has 1 N–H and O–H groups in total. The normalized spacial score (nSPS) is 20.7. The zero-order chi connectivity index (χ0) is 19.1. The van der Waals surface area contributed by atoms with Gasteiger partial charge in [-0.15, -0.1) is 0 Å². The number of hydrogen-bond donors (Lipinski definition) is 1. The molecule has 1 aromatic rings. The molecule has 1 amide bonds. The number of ether oxygens (including phenoxy) is 1. The number of hydrogen-bond acceptors (Lipinski definition) is 4. The van der Waals surface area contributed by atoms with Gasteiger partial charge in [0.05, 0.1) is 6.10 Å². The second-order valence-electron chi connectivity index (χ2n) is 7.25. The Morgan fingerprint density at radius 1 is 1.22 bits per heavy atom. The number of nitrogens with one attached hydrogen (secondary N) is 1. The summed E-state index contributed by atoms with van der Waals surface area (Å²) in [6, 6.07) is 10.5. The first kappa shape index (κ1) is 19.5. The van der Waals surface area contributed by atoms with Crippen molar-refractivity contribution in [3.8, 4) is 0 Å². The SMILES string of the molecule is CN(C)C(=O)CN=C(NCC1CCCO1)N1CCN(c2ccccc2)CC1. The molecule has 2 saturated heterocycles. The van der Waals surface area contributed by atoms with Crippen molar-refractivity contribution < 1.29 is 9.53 Å². The Kier molecular flexibility index (Phi) is 6.92. The number of anilines is 1. The van der Waals surface area contributed by atoms with E-state index in [9.17, 15) is 4.79 Å². The van der Waals surface area contributed by atoms with Gasteiger partial charge in [-0.3, -0.25) is 4.79 Å². The van der Waals surface area contributed by atoms with Crippen molar-refractivity contribution in [2.45, 2.75) is 18.9 Å². The summed E-state index contributed by atoms with van der Waals surface area (Å²) >= 11 is 0. The first-order valence-corrected chi connectivity index (χ1v) is 9.78. The lowest BCUT2D eigenvalue weighted by Gasteiger charge is -2.38. The van der Waals surface area contributed by atoms with E-state index in [-0.39, 0.29) is 18.6 Å². The van der Waals surface area contributed by atoms with E-state index >= 15 is 0 Å². The maximum absolute atomic E-state index is 12.0. The Hall–Kier alpha value is -2.28. The van der Waals surface area contributed by atoms with Crippen molar-refractivity contribution in [1.29, 1.82) is 0 Å². The number of para-hydroxylation sites is 1. The Balaban J connectivity index is 1.59. The van der Waals surface area contributed by atoms with Gasteiger partial charge >= 0.3 is 0 Å². The van der Waals surface area contributed by atoms with Crippen molar-refractivity contribution in [3.05, 3.63) is 30.3 Å². The van der Waals surface area contributed by atoms with Crippen LogP contribution in [0.3, 0.4) is 0 Å². The molecule has 7 heteroatoms. The Bertz CT molecular complexity index is 621. The molecule has 2 aliphatic heterocycles. The predicted molar refractivity (Wildman–Crippen MR) is 108 cm³/mol. The van der Waals surface area contributed by atoms with Gasteiger partial charge in [0.25, 0.3) is 0 Å². The molecule has 0 radical (unpaired) electrons. The predicted octanol–water partition coefficient (Wildman–Crippen LogP) is 1.02. The Labute approximate surface area is 162 Å². The highest BCUT2D eigenvalue weighted by atomic mass is 16.5. The van der Waals surface area contributed by atoms with Crippen LogP contribution in [0.5, 0.6) is 0 Å². The van der Waals surface area contributed by atoms with Crippen molar-refractivity contribution in [2.24, 2.45) is 4.99 Å². The number of likely N-dealkylation sites (N-methyl/N-ethyl adjacent to an activating group) is 1. The van der Waals surface area contributed by atoms with Gasteiger partial charge in [-0.2, -0.15) is 0 Å². The van der Waals surface area contributed by atoms with E-state index in [1.165, 1.54) is 5.69 Å². The third-order valence-electron chi connectivity index (χ3n) is 5.08. The summed E-state index contributed by atoms with van der Waals surface area (Å²) in [4.78, 5) is 22.8. The smallest absolute Gasteiger partial charge is 0.243 e. The average molecular weight is 374 g/mol. The lowest BCUT2D eigenvalue weighted by molar-refractivity contribution is -0.127. The van der Waals surface area contributed by atoms with Crippen LogP contribution in [0.25, 0.3) is 0 Å². The van der Waals surface area contributed by atoms with Gasteiger partial charge in [-0.05, 0) is 25.0 Å². The van der Waals surface area contributed by atoms with E-state index in [2.05, 4.69) is 44.4 Å². The second-order valence-corrected chi connectivity index (χ2v) is 7.25. The molecule has 2 heterocycles. The largest absolute Gasteiger partial charge is 0.376 e. The molecule has 0 saturated carbocycles. The van der Waals surface area contributed by atoms with Gasteiger partial charge in [0.2, 0.25) is 5.91 Å².